The van der Waals surface area contributed by atoms with Gasteiger partial charge in [0.1, 0.15) is 7.05 Å². The number of carboxylic acid groups (broad SMARTS) is 1. The first kappa shape index (κ1) is 43.5. The lowest BCUT2D eigenvalue weighted by atomic mass is 9.79. The van der Waals surface area contributed by atoms with Crippen LogP contribution in [-0.4, -0.2) is 64.8 Å². The van der Waals surface area contributed by atoms with Crippen molar-refractivity contribution < 1.29 is 41.8 Å². The van der Waals surface area contributed by atoms with E-state index in [1.807, 2.05) is 37.4 Å². The summed E-state index contributed by atoms with van der Waals surface area (Å²) >= 11 is -4.02. The third-order valence-corrected chi connectivity index (χ3v) is 13.4. The average Bonchev–Trinajstić information content (AvgIpc) is 3.57. The van der Waals surface area contributed by atoms with Crippen molar-refractivity contribution in [3.05, 3.63) is 143 Å². The molecule has 0 spiro atoms. The molecule has 5 aromatic rings. The molecule has 2 unspecified atom stereocenters. The number of aryl methyl sites for hydroxylation is 1. The molecule has 7 rings (SSSR count). The number of fused-ring (bicyclic) bond motifs is 6. The number of hydrogen-bond acceptors (Lipinski definition) is 7. The second-order valence-electron chi connectivity index (χ2n) is 16.6. The smallest absolute Gasteiger partial charge is 0.335 e. The SMILES string of the molecule is Cc1ccc2c3c(ccc2c1)N(CCCS(=O)OO)C(=CC=C(C=CC1=[N+](C)c2ccc4cccc(S(=O)O)c4c2C1(C)C)CCC(=O)Nc1ccc(C(=O)O)cc1)C3(C)C. The molecule has 1 amide bonds. The van der Waals surface area contributed by atoms with Gasteiger partial charge in [0.15, 0.2) is 27.9 Å². The van der Waals surface area contributed by atoms with Gasteiger partial charge in [0.05, 0.1) is 21.6 Å². The summed E-state index contributed by atoms with van der Waals surface area (Å²) < 4.78 is 41.1. The Hall–Kier alpha value is -5.57. The first-order chi connectivity index (χ1) is 29.0. The van der Waals surface area contributed by atoms with E-state index in [9.17, 15) is 27.7 Å². The standard InChI is InChI=1S/C48H49N3O8S2/c1-30-11-21-36-34(29-30)18-23-38-44(36)48(4,5)41(51(38)27-8-28-60(56)59-55)25-13-31(14-26-42(52)49-35-19-15-33(16-20-35)46(53)54)12-24-40-47(2,3)45-37(50(40)6)22-17-32-9-7-10-39(43(32)45)61(57)58/h7,9-13,15-25,29H,8,14,26-28H2,1-6H3,(H3-,49,52,53,54,55,57,58)/p+1. The van der Waals surface area contributed by atoms with Crippen LogP contribution in [0.5, 0.6) is 0 Å². The van der Waals surface area contributed by atoms with Crippen LogP contribution >= 0.6 is 0 Å². The molecule has 13 heteroatoms. The number of anilines is 2. The van der Waals surface area contributed by atoms with Crippen molar-refractivity contribution in [1.29, 1.82) is 0 Å². The predicted molar refractivity (Wildman–Crippen MR) is 244 cm³/mol. The predicted octanol–water partition coefficient (Wildman–Crippen LogP) is 9.71. The third kappa shape index (κ3) is 8.53. The highest BCUT2D eigenvalue weighted by molar-refractivity contribution is 7.80. The highest BCUT2D eigenvalue weighted by atomic mass is 32.2. The Morgan fingerprint density at radius 3 is 2.34 bits per heavy atom. The van der Waals surface area contributed by atoms with Gasteiger partial charge < -0.3 is 19.9 Å². The molecule has 11 nitrogen and oxygen atoms in total. The second-order valence-corrected chi connectivity index (χ2v) is 18.7. The Labute approximate surface area is 360 Å². The molecular formula is C48H50N3O8S2+. The first-order valence-corrected chi connectivity index (χ1v) is 22.4. The Morgan fingerprint density at radius 2 is 1.64 bits per heavy atom. The van der Waals surface area contributed by atoms with Crippen LogP contribution in [0.4, 0.5) is 17.1 Å². The van der Waals surface area contributed by atoms with E-state index >= 15 is 0 Å². The van der Waals surface area contributed by atoms with E-state index < -0.39 is 39.0 Å². The van der Waals surface area contributed by atoms with Crippen molar-refractivity contribution in [2.45, 2.75) is 69.6 Å². The summed E-state index contributed by atoms with van der Waals surface area (Å²) in [5.74, 6) is -1.14. The summed E-state index contributed by atoms with van der Waals surface area (Å²) in [6.07, 6.45) is 9.21. The number of nitrogens with one attached hydrogen (secondary N) is 1. The minimum absolute atomic E-state index is 0.124. The zero-order valence-electron chi connectivity index (χ0n) is 35.0. The van der Waals surface area contributed by atoms with Crippen LogP contribution in [-0.2, 0) is 42.1 Å². The summed E-state index contributed by atoms with van der Waals surface area (Å²) in [4.78, 5) is 27.4. The molecule has 316 valence electrons. The molecule has 61 heavy (non-hydrogen) atoms. The number of benzene rings is 5. The van der Waals surface area contributed by atoms with Crippen LogP contribution in [0, 0.1) is 6.92 Å². The fourth-order valence-electron chi connectivity index (χ4n) is 8.99. The number of amides is 1. The molecule has 0 saturated heterocycles. The van der Waals surface area contributed by atoms with Crippen LogP contribution in [0.1, 0.15) is 74.0 Å². The lowest BCUT2D eigenvalue weighted by molar-refractivity contribution is -0.401. The number of nitrogens with zero attached hydrogens (tertiary/aromatic N) is 2. The molecule has 0 aliphatic carbocycles. The van der Waals surface area contributed by atoms with Crippen LogP contribution in [0.3, 0.4) is 0 Å². The molecule has 4 N–H and O–H groups in total. The molecule has 2 aliphatic rings. The van der Waals surface area contributed by atoms with Gasteiger partial charge in [-0.15, -0.1) is 4.33 Å². The van der Waals surface area contributed by atoms with Gasteiger partial charge in [0.2, 0.25) is 11.6 Å². The summed E-state index contributed by atoms with van der Waals surface area (Å²) in [6, 6.07) is 26.2. The first-order valence-electron chi connectivity index (χ1n) is 20.1. The number of aromatic carboxylic acids is 1. The zero-order chi connectivity index (χ0) is 43.8. The third-order valence-electron chi connectivity index (χ3n) is 11.9. The molecular weight excluding hydrogens is 811 g/mol. The van der Waals surface area contributed by atoms with Crippen LogP contribution < -0.4 is 10.2 Å². The Bertz CT molecular complexity index is 2770. The Morgan fingerprint density at radius 1 is 0.902 bits per heavy atom. The van der Waals surface area contributed by atoms with Gasteiger partial charge in [-0.1, -0.05) is 68.0 Å². The second kappa shape index (κ2) is 17.4. The maximum atomic E-state index is 13.4. The fourth-order valence-corrected chi connectivity index (χ4v) is 10.0. The number of rotatable bonds is 14. The quantitative estimate of drug-likeness (QED) is 0.0281. The van der Waals surface area contributed by atoms with Gasteiger partial charge in [-0.25, -0.2) is 18.5 Å². The van der Waals surface area contributed by atoms with Crippen molar-refractivity contribution >= 4 is 78.4 Å². The summed E-state index contributed by atoms with van der Waals surface area (Å²) in [5, 5.41) is 25.1. The van der Waals surface area contributed by atoms with E-state index in [4.69, 9.17) is 5.26 Å². The zero-order valence-corrected chi connectivity index (χ0v) is 36.7. The molecule has 0 radical (unpaired) electrons. The van der Waals surface area contributed by atoms with Crippen molar-refractivity contribution in [3.63, 3.8) is 0 Å². The van der Waals surface area contributed by atoms with Gasteiger partial charge in [-0.3, -0.25) is 4.79 Å². The lowest BCUT2D eigenvalue weighted by Gasteiger charge is -2.27. The normalized spacial score (nSPS) is 17.3. The summed E-state index contributed by atoms with van der Waals surface area (Å²) in [7, 11) is 1.99. The Balaban J connectivity index is 1.29. The van der Waals surface area contributed by atoms with Gasteiger partial charge >= 0.3 is 5.97 Å². The largest absolute Gasteiger partial charge is 0.478 e. The minimum atomic E-state index is -2.19. The fraction of sp³-hybridized carbons (Fsp3) is 0.271. The van der Waals surface area contributed by atoms with E-state index in [1.165, 1.54) is 17.7 Å². The average molecular weight is 861 g/mol. The topological polar surface area (TPSA) is 156 Å². The Kier molecular flexibility index (Phi) is 12.4. The lowest BCUT2D eigenvalue weighted by Crippen LogP contribution is -2.28. The molecule has 5 aromatic carbocycles. The maximum Gasteiger partial charge on any atom is 0.335 e. The number of carbonyl (C=O) groups excluding carboxylic acids is 1. The van der Waals surface area contributed by atoms with Crippen LogP contribution in [0.2, 0.25) is 0 Å². The van der Waals surface area contributed by atoms with Crippen molar-refractivity contribution in [2.24, 2.45) is 0 Å². The molecule has 0 fully saturated rings. The van der Waals surface area contributed by atoms with Crippen molar-refractivity contribution in [3.8, 4) is 0 Å². The van der Waals surface area contributed by atoms with E-state index in [2.05, 4.69) is 96.2 Å². The van der Waals surface area contributed by atoms with Gasteiger partial charge in [0.25, 0.3) is 0 Å². The molecule has 0 saturated carbocycles. The number of hydrogen-bond donors (Lipinski definition) is 4. The van der Waals surface area contributed by atoms with E-state index in [1.54, 1.807) is 24.3 Å². The highest BCUT2D eigenvalue weighted by Gasteiger charge is 2.45. The van der Waals surface area contributed by atoms with Gasteiger partial charge in [0, 0.05) is 58.5 Å². The molecule has 2 heterocycles. The molecule has 2 aliphatic heterocycles. The van der Waals surface area contributed by atoms with Crippen LogP contribution in [0.25, 0.3) is 21.5 Å². The maximum absolute atomic E-state index is 13.4. The molecule has 0 bridgehead atoms. The van der Waals surface area contributed by atoms with Crippen molar-refractivity contribution in [1.82, 2.24) is 0 Å². The monoisotopic (exact) mass is 860 g/mol. The number of carbonyl (C=O) groups is 2. The highest BCUT2D eigenvalue weighted by Crippen LogP contribution is 2.51. The van der Waals surface area contributed by atoms with E-state index in [-0.39, 0.29) is 23.6 Å². The van der Waals surface area contributed by atoms with E-state index in [0.717, 1.165) is 61.0 Å². The number of carboxylic acids is 1. The van der Waals surface area contributed by atoms with Gasteiger partial charge in [-0.2, -0.15) is 4.58 Å². The molecule has 0 aromatic heterocycles. The van der Waals surface area contributed by atoms with Crippen molar-refractivity contribution in [2.75, 3.05) is 29.6 Å². The van der Waals surface area contributed by atoms with E-state index in [0.29, 0.717) is 30.0 Å². The number of allylic oxidation sites excluding steroid dienone is 6. The van der Waals surface area contributed by atoms with Gasteiger partial charge in [-0.05, 0) is 109 Å². The minimum Gasteiger partial charge on any atom is -0.478 e. The van der Waals surface area contributed by atoms with Crippen LogP contribution in [0.15, 0.2) is 125 Å². The molecule has 2 atom stereocenters. The summed E-state index contributed by atoms with van der Waals surface area (Å²) in [5.41, 5.74) is 7.70. The summed E-state index contributed by atoms with van der Waals surface area (Å²) in [6.45, 7) is 11.2.